The van der Waals surface area contributed by atoms with Crippen molar-refractivity contribution in [1.29, 1.82) is 0 Å². The first-order chi connectivity index (χ1) is 10.6. The molecule has 112 valence electrons. The molecule has 0 aliphatic rings. The van der Waals surface area contributed by atoms with Crippen molar-refractivity contribution in [3.8, 4) is 17.3 Å². The van der Waals surface area contributed by atoms with Gasteiger partial charge in [-0.1, -0.05) is 23.2 Å². The Balaban J connectivity index is 2.00. The van der Waals surface area contributed by atoms with Crippen LogP contribution < -0.4 is 0 Å². The SMILES string of the molecule is Oc1c(Cl)cc(/C=N\n2c(-c3ccco3)n[nH]c2=S)cc1Cl. The predicted octanol–water partition coefficient (Wildman–Crippen LogP) is 4.10. The Bertz CT molecular complexity index is 876. The Labute approximate surface area is 139 Å². The van der Waals surface area contributed by atoms with E-state index in [4.69, 9.17) is 39.8 Å². The summed E-state index contributed by atoms with van der Waals surface area (Å²) >= 11 is 16.9. The number of hydrogen-bond donors (Lipinski definition) is 2. The number of hydrogen-bond acceptors (Lipinski definition) is 5. The normalized spacial score (nSPS) is 11.4. The number of benzene rings is 1. The zero-order valence-electron chi connectivity index (χ0n) is 10.8. The number of aromatic nitrogens is 3. The van der Waals surface area contributed by atoms with E-state index in [9.17, 15) is 5.11 Å². The molecular weight excluding hydrogens is 347 g/mol. The first kappa shape index (κ1) is 14.8. The second-order valence-electron chi connectivity index (χ2n) is 4.22. The van der Waals surface area contributed by atoms with Gasteiger partial charge in [-0.25, -0.2) is 5.10 Å². The summed E-state index contributed by atoms with van der Waals surface area (Å²) in [6, 6.07) is 6.54. The number of phenolic OH excluding ortho intramolecular Hbond substituents is 1. The van der Waals surface area contributed by atoms with Crippen LogP contribution in [0.3, 0.4) is 0 Å². The fraction of sp³-hybridized carbons (Fsp3) is 0. The molecule has 0 spiro atoms. The van der Waals surface area contributed by atoms with Crippen LogP contribution in [0.2, 0.25) is 10.0 Å². The highest BCUT2D eigenvalue weighted by Gasteiger charge is 2.11. The lowest BCUT2D eigenvalue weighted by Crippen LogP contribution is -1.94. The Hall–Kier alpha value is -2.09. The molecule has 0 saturated carbocycles. The van der Waals surface area contributed by atoms with E-state index in [0.29, 0.717) is 21.9 Å². The maximum absolute atomic E-state index is 9.54. The van der Waals surface area contributed by atoms with Crippen LogP contribution in [-0.4, -0.2) is 26.2 Å². The molecular formula is C13H8Cl2N4O2S. The third-order valence-corrected chi connectivity index (χ3v) is 3.59. The number of aromatic amines is 1. The summed E-state index contributed by atoms with van der Waals surface area (Å²) in [6.07, 6.45) is 3.02. The molecule has 0 bridgehead atoms. The molecule has 6 nitrogen and oxygen atoms in total. The molecule has 0 aliphatic carbocycles. The summed E-state index contributed by atoms with van der Waals surface area (Å²) in [6.45, 7) is 0. The molecule has 2 aromatic heterocycles. The van der Waals surface area contributed by atoms with Gasteiger partial charge in [0.05, 0.1) is 22.5 Å². The summed E-state index contributed by atoms with van der Waals surface area (Å²) in [7, 11) is 0. The first-order valence-electron chi connectivity index (χ1n) is 6.00. The summed E-state index contributed by atoms with van der Waals surface area (Å²) in [4.78, 5) is 0. The van der Waals surface area contributed by atoms with Gasteiger partial charge in [0.15, 0.2) is 11.5 Å². The number of nitrogens with one attached hydrogen (secondary N) is 1. The van der Waals surface area contributed by atoms with Gasteiger partial charge in [-0.3, -0.25) is 0 Å². The van der Waals surface area contributed by atoms with Gasteiger partial charge < -0.3 is 9.52 Å². The lowest BCUT2D eigenvalue weighted by Gasteiger charge is -2.02. The lowest BCUT2D eigenvalue weighted by molar-refractivity contribution is 0.476. The van der Waals surface area contributed by atoms with Gasteiger partial charge in [-0.2, -0.15) is 9.78 Å². The molecule has 0 amide bonds. The molecule has 0 saturated heterocycles. The first-order valence-corrected chi connectivity index (χ1v) is 7.16. The number of H-pyrrole nitrogens is 1. The number of phenols is 1. The van der Waals surface area contributed by atoms with Crippen molar-refractivity contribution in [1.82, 2.24) is 14.9 Å². The van der Waals surface area contributed by atoms with Gasteiger partial charge >= 0.3 is 0 Å². The van der Waals surface area contributed by atoms with Gasteiger partial charge in [0.1, 0.15) is 0 Å². The van der Waals surface area contributed by atoms with E-state index >= 15 is 0 Å². The van der Waals surface area contributed by atoms with E-state index in [-0.39, 0.29) is 15.8 Å². The topological polar surface area (TPSA) is 79.3 Å². The van der Waals surface area contributed by atoms with Crippen molar-refractivity contribution in [3.63, 3.8) is 0 Å². The number of furan rings is 1. The van der Waals surface area contributed by atoms with Gasteiger partial charge in [0.2, 0.25) is 10.6 Å². The minimum Gasteiger partial charge on any atom is -0.505 e. The third-order valence-electron chi connectivity index (χ3n) is 2.75. The van der Waals surface area contributed by atoms with Gasteiger partial charge in [-0.05, 0) is 42.0 Å². The molecule has 0 aliphatic heterocycles. The van der Waals surface area contributed by atoms with Crippen LogP contribution in [0.25, 0.3) is 11.6 Å². The quantitative estimate of drug-likeness (QED) is 0.548. The molecule has 0 atom stereocenters. The Kier molecular flexibility index (Phi) is 4.02. The molecule has 1 aromatic carbocycles. The molecule has 9 heteroatoms. The molecule has 2 heterocycles. The average molecular weight is 355 g/mol. The predicted molar refractivity (Wildman–Crippen MR) is 86.2 cm³/mol. The fourth-order valence-corrected chi connectivity index (χ4v) is 2.43. The van der Waals surface area contributed by atoms with Crippen molar-refractivity contribution in [2.45, 2.75) is 0 Å². The zero-order valence-corrected chi connectivity index (χ0v) is 13.2. The van der Waals surface area contributed by atoms with Crippen LogP contribution in [0.4, 0.5) is 0 Å². The maximum Gasteiger partial charge on any atom is 0.219 e. The molecule has 22 heavy (non-hydrogen) atoms. The number of rotatable bonds is 3. The maximum atomic E-state index is 9.54. The van der Waals surface area contributed by atoms with Crippen molar-refractivity contribution in [3.05, 3.63) is 50.9 Å². The van der Waals surface area contributed by atoms with E-state index in [1.807, 2.05) is 0 Å². The van der Waals surface area contributed by atoms with Crippen molar-refractivity contribution in [2.75, 3.05) is 0 Å². The van der Waals surface area contributed by atoms with Crippen molar-refractivity contribution < 1.29 is 9.52 Å². The average Bonchev–Trinajstić information content (AvgIpc) is 3.12. The second kappa shape index (κ2) is 5.96. The monoisotopic (exact) mass is 354 g/mol. The molecule has 2 N–H and O–H groups in total. The highest BCUT2D eigenvalue weighted by Crippen LogP contribution is 2.32. The third kappa shape index (κ3) is 2.78. The summed E-state index contributed by atoms with van der Waals surface area (Å²) in [5.41, 5.74) is 0.598. The minimum atomic E-state index is -0.170. The van der Waals surface area contributed by atoms with Crippen LogP contribution in [0.1, 0.15) is 5.56 Å². The van der Waals surface area contributed by atoms with Crippen LogP contribution in [0.15, 0.2) is 40.0 Å². The number of aromatic hydroxyl groups is 1. The number of nitrogens with zero attached hydrogens (tertiary/aromatic N) is 3. The van der Waals surface area contributed by atoms with E-state index < -0.39 is 0 Å². The number of halogens is 2. The van der Waals surface area contributed by atoms with E-state index in [0.717, 1.165) is 0 Å². The largest absolute Gasteiger partial charge is 0.505 e. The second-order valence-corrected chi connectivity index (χ2v) is 5.42. The van der Waals surface area contributed by atoms with E-state index in [2.05, 4.69) is 15.3 Å². The lowest BCUT2D eigenvalue weighted by atomic mass is 10.2. The Morgan fingerprint density at radius 2 is 2.09 bits per heavy atom. The highest BCUT2D eigenvalue weighted by atomic mass is 35.5. The molecule has 0 unspecified atom stereocenters. The minimum absolute atomic E-state index is 0.135. The molecule has 0 radical (unpaired) electrons. The van der Waals surface area contributed by atoms with Gasteiger partial charge in [0.25, 0.3) is 0 Å². The van der Waals surface area contributed by atoms with Crippen LogP contribution >= 0.6 is 35.4 Å². The summed E-state index contributed by atoms with van der Waals surface area (Å²) < 4.78 is 6.99. The van der Waals surface area contributed by atoms with Crippen LogP contribution in [0.5, 0.6) is 5.75 Å². The summed E-state index contributed by atoms with van der Waals surface area (Å²) in [5, 5.41) is 20.8. The van der Waals surface area contributed by atoms with Crippen molar-refractivity contribution >= 4 is 41.6 Å². The standard InChI is InChI=1S/C13H8Cl2N4O2S/c14-8-4-7(5-9(15)11(8)20)6-16-19-12(17-18-13(19)22)10-2-1-3-21-10/h1-6,20H,(H,18,22)/b16-6-. The van der Waals surface area contributed by atoms with Gasteiger partial charge in [-0.15, -0.1) is 5.10 Å². The smallest absolute Gasteiger partial charge is 0.219 e. The van der Waals surface area contributed by atoms with E-state index in [1.54, 1.807) is 12.1 Å². The Morgan fingerprint density at radius 1 is 1.36 bits per heavy atom. The highest BCUT2D eigenvalue weighted by molar-refractivity contribution is 7.71. The van der Waals surface area contributed by atoms with Crippen molar-refractivity contribution in [2.24, 2.45) is 5.10 Å². The Morgan fingerprint density at radius 3 is 2.73 bits per heavy atom. The fourth-order valence-electron chi connectivity index (χ4n) is 1.75. The zero-order chi connectivity index (χ0) is 15.7. The molecule has 0 fully saturated rings. The summed E-state index contributed by atoms with van der Waals surface area (Å²) in [5.74, 6) is 0.783. The van der Waals surface area contributed by atoms with Gasteiger partial charge in [0, 0.05) is 0 Å². The molecule has 3 rings (SSSR count). The molecule has 3 aromatic rings. The van der Waals surface area contributed by atoms with Crippen LogP contribution in [-0.2, 0) is 0 Å². The van der Waals surface area contributed by atoms with E-state index in [1.165, 1.54) is 29.3 Å². The van der Waals surface area contributed by atoms with Crippen LogP contribution in [0, 0.1) is 4.77 Å².